The Bertz CT molecular complexity index is 719. The molecule has 2 aromatic rings. The molecule has 0 spiro atoms. The Balaban J connectivity index is 0.00000280. The summed E-state index contributed by atoms with van der Waals surface area (Å²) in [6.45, 7) is 6.39. The number of aromatic nitrogens is 1. The summed E-state index contributed by atoms with van der Waals surface area (Å²) in [6, 6.07) is 11.1. The fourth-order valence-electron chi connectivity index (χ4n) is 3.48. The molecule has 2 heterocycles. The smallest absolute Gasteiger partial charge is 0.191 e. The van der Waals surface area contributed by atoms with Gasteiger partial charge >= 0.3 is 0 Å². The minimum atomic E-state index is 0. The molecule has 5 nitrogen and oxygen atoms in total. The summed E-state index contributed by atoms with van der Waals surface area (Å²) in [5.41, 5.74) is 2.21. The molecule has 0 aliphatic carbocycles. The quantitative estimate of drug-likeness (QED) is 0.250. The minimum Gasteiger partial charge on any atom is -0.356 e. The van der Waals surface area contributed by atoms with Crippen molar-refractivity contribution < 1.29 is 0 Å². The predicted molar refractivity (Wildman–Crippen MR) is 131 cm³/mol. The summed E-state index contributed by atoms with van der Waals surface area (Å²) in [5, 5.41) is 9.96. The molecule has 1 aliphatic rings. The van der Waals surface area contributed by atoms with Crippen LogP contribution in [0.25, 0.3) is 10.6 Å². The van der Waals surface area contributed by atoms with Gasteiger partial charge in [0.1, 0.15) is 5.01 Å². The normalized spacial score (nSPS) is 17.8. The molecule has 1 saturated heterocycles. The van der Waals surface area contributed by atoms with Crippen molar-refractivity contribution in [3.63, 3.8) is 0 Å². The minimum absolute atomic E-state index is 0. The average Bonchev–Trinajstić information content (AvgIpc) is 3.18. The topological polar surface area (TPSA) is 52.6 Å². The van der Waals surface area contributed by atoms with Gasteiger partial charge in [0.05, 0.1) is 12.2 Å². The number of nitrogens with zero attached hydrogens (tertiary/aromatic N) is 3. The molecular formula is C21H32IN5S. The third kappa shape index (κ3) is 7.00. The van der Waals surface area contributed by atoms with E-state index < -0.39 is 0 Å². The molecule has 154 valence electrons. The van der Waals surface area contributed by atoms with Crippen molar-refractivity contribution >= 4 is 41.3 Å². The molecule has 28 heavy (non-hydrogen) atoms. The molecule has 1 unspecified atom stereocenters. The van der Waals surface area contributed by atoms with Crippen molar-refractivity contribution in [1.82, 2.24) is 20.5 Å². The maximum absolute atomic E-state index is 4.72. The Labute approximate surface area is 190 Å². The van der Waals surface area contributed by atoms with Gasteiger partial charge in [-0.15, -0.1) is 35.3 Å². The largest absolute Gasteiger partial charge is 0.356 e. The second-order valence-corrected chi connectivity index (χ2v) is 7.95. The molecule has 1 atom stereocenters. The highest BCUT2D eigenvalue weighted by Gasteiger charge is 2.17. The number of nitrogens with one attached hydrogen (secondary N) is 2. The molecule has 7 heteroatoms. The van der Waals surface area contributed by atoms with E-state index in [4.69, 9.17) is 4.98 Å². The number of benzene rings is 1. The zero-order chi connectivity index (χ0) is 18.9. The Morgan fingerprint density at radius 3 is 2.82 bits per heavy atom. The third-order valence-electron chi connectivity index (χ3n) is 5.09. The number of hydrogen-bond acceptors (Lipinski definition) is 4. The summed E-state index contributed by atoms with van der Waals surface area (Å²) >= 11 is 1.68. The second-order valence-electron chi connectivity index (χ2n) is 7.10. The van der Waals surface area contributed by atoms with Crippen LogP contribution in [0, 0.1) is 0 Å². The molecule has 1 aromatic heterocycles. The lowest BCUT2D eigenvalue weighted by Crippen LogP contribution is -2.41. The average molecular weight is 513 g/mol. The lowest BCUT2D eigenvalue weighted by atomic mass is 10.0. The zero-order valence-electron chi connectivity index (χ0n) is 16.9. The first-order chi connectivity index (χ1) is 13.3. The molecule has 3 rings (SSSR count). The number of guanidine groups is 1. The summed E-state index contributed by atoms with van der Waals surface area (Å²) in [5.74, 6) is 0.843. The molecule has 1 fully saturated rings. The van der Waals surface area contributed by atoms with Gasteiger partial charge in [-0.3, -0.25) is 4.99 Å². The Hall–Kier alpha value is -1.19. The van der Waals surface area contributed by atoms with Gasteiger partial charge in [0.25, 0.3) is 0 Å². The van der Waals surface area contributed by atoms with Crippen molar-refractivity contribution in [3.05, 3.63) is 41.4 Å². The highest BCUT2D eigenvalue weighted by molar-refractivity contribution is 14.0. The van der Waals surface area contributed by atoms with Gasteiger partial charge in [0, 0.05) is 37.1 Å². The molecule has 0 saturated carbocycles. The summed E-state index contributed by atoms with van der Waals surface area (Å²) in [7, 11) is 1.82. The van der Waals surface area contributed by atoms with Gasteiger partial charge in [-0.2, -0.15) is 0 Å². The standard InChI is InChI=1S/C21H31N5S.HI/c1-17-9-6-7-13-26(17)14-8-12-23-21(22-2)24-15-19-16-27-20(25-19)18-10-4-3-5-11-18;/h3-5,10-11,16-17H,6-9,12-15H2,1-2H3,(H2,22,23,24);1H. The van der Waals surface area contributed by atoms with E-state index in [-0.39, 0.29) is 24.0 Å². The van der Waals surface area contributed by atoms with Crippen LogP contribution in [0.15, 0.2) is 40.7 Å². The number of aliphatic imine (C=N–C) groups is 1. The van der Waals surface area contributed by atoms with Crippen molar-refractivity contribution in [2.45, 2.75) is 45.2 Å². The summed E-state index contributed by atoms with van der Waals surface area (Å²) in [6.07, 6.45) is 5.21. The first-order valence-electron chi connectivity index (χ1n) is 9.94. The van der Waals surface area contributed by atoms with Gasteiger partial charge < -0.3 is 15.5 Å². The van der Waals surface area contributed by atoms with Crippen LogP contribution in [-0.2, 0) is 6.54 Å². The Morgan fingerprint density at radius 2 is 2.07 bits per heavy atom. The van der Waals surface area contributed by atoms with Crippen LogP contribution in [0.4, 0.5) is 0 Å². The molecule has 0 amide bonds. The maximum Gasteiger partial charge on any atom is 0.191 e. The predicted octanol–water partition coefficient (Wildman–Crippen LogP) is 4.36. The number of halogens is 1. The van der Waals surface area contributed by atoms with Crippen LogP contribution < -0.4 is 10.6 Å². The molecular weight excluding hydrogens is 481 g/mol. The van der Waals surface area contributed by atoms with Crippen molar-refractivity contribution in [3.8, 4) is 10.6 Å². The number of thiazole rings is 1. The van der Waals surface area contributed by atoms with E-state index in [1.54, 1.807) is 11.3 Å². The van der Waals surface area contributed by atoms with Gasteiger partial charge in [0.15, 0.2) is 5.96 Å². The maximum atomic E-state index is 4.72. The molecule has 1 aromatic carbocycles. The summed E-state index contributed by atoms with van der Waals surface area (Å²) in [4.78, 5) is 11.7. The highest BCUT2D eigenvalue weighted by Crippen LogP contribution is 2.23. The lowest BCUT2D eigenvalue weighted by molar-refractivity contribution is 0.159. The van der Waals surface area contributed by atoms with Crippen LogP contribution in [0.5, 0.6) is 0 Å². The number of piperidine rings is 1. The summed E-state index contributed by atoms with van der Waals surface area (Å²) < 4.78 is 0. The molecule has 1 aliphatic heterocycles. The van der Waals surface area contributed by atoms with Gasteiger partial charge in [0.2, 0.25) is 0 Å². The van der Waals surface area contributed by atoms with Crippen molar-refractivity contribution in [1.29, 1.82) is 0 Å². The molecule has 2 N–H and O–H groups in total. The SMILES string of the molecule is CN=C(NCCCN1CCCCC1C)NCc1csc(-c2ccccc2)n1.I. The van der Waals surface area contributed by atoms with E-state index in [0.29, 0.717) is 6.54 Å². The second kappa shape index (κ2) is 12.4. The van der Waals surface area contributed by atoms with Gasteiger partial charge in [-0.1, -0.05) is 36.8 Å². The van der Waals surface area contributed by atoms with Crippen molar-refractivity contribution in [2.24, 2.45) is 4.99 Å². The van der Waals surface area contributed by atoms with E-state index in [1.807, 2.05) is 25.2 Å². The van der Waals surface area contributed by atoms with E-state index in [0.717, 1.165) is 42.2 Å². The van der Waals surface area contributed by atoms with Crippen LogP contribution in [0.2, 0.25) is 0 Å². The zero-order valence-corrected chi connectivity index (χ0v) is 20.0. The lowest BCUT2D eigenvalue weighted by Gasteiger charge is -2.33. The van der Waals surface area contributed by atoms with Crippen LogP contribution in [0.1, 0.15) is 38.3 Å². The first kappa shape index (κ1) is 23.1. The number of hydrogen-bond donors (Lipinski definition) is 2. The Kier molecular flexibility index (Phi) is 10.2. The van der Waals surface area contributed by atoms with Crippen LogP contribution >= 0.6 is 35.3 Å². The number of likely N-dealkylation sites (tertiary alicyclic amines) is 1. The number of rotatable bonds is 7. The van der Waals surface area contributed by atoms with E-state index in [2.05, 4.69) is 45.0 Å². The monoisotopic (exact) mass is 513 g/mol. The van der Waals surface area contributed by atoms with Gasteiger partial charge in [-0.25, -0.2) is 4.98 Å². The van der Waals surface area contributed by atoms with Gasteiger partial charge in [-0.05, 0) is 32.7 Å². The molecule has 0 radical (unpaired) electrons. The van der Waals surface area contributed by atoms with E-state index >= 15 is 0 Å². The van der Waals surface area contributed by atoms with Crippen molar-refractivity contribution in [2.75, 3.05) is 26.7 Å². The van der Waals surface area contributed by atoms with Crippen LogP contribution in [0.3, 0.4) is 0 Å². The highest BCUT2D eigenvalue weighted by atomic mass is 127. The van der Waals surface area contributed by atoms with Crippen LogP contribution in [-0.4, -0.2) is 48.6 Å². The molecule has 0 bridgehead atoms. The Morgan fingerprint density at radius 1 is 1.25 bits per heavy atom. The first-order valence-corrected chi connectivity index (χ1v) is 10.8. The fraction of sp³-hybridized carbons (Fsp3) is 0.524. The van der Waals surface area contributed by atoms with E-state index in [1.165, 1.54) is 31.4 Å². The fourth-order valence-corrected chi connectivity index (χ4v) is 4.30. The third-order valence-corrected chi connectivity index (χ3v) is 6.03. The van der Waals surface area contributed by atoms with E-state index in [9.17, 15) is 0 Å².